The van der Waals surface area contributed by atoms with Crippen LogP contribution < -0.4 is 5.32 Å². The van der Waals surface area contributed by atoms with E-state index in [0.717, 1.165) is 28.7 Å². The van der Waals surface area contributed by atoms with Crippen LogP contribution in [0.1, 0.15) is 17.9 Å². The second-order valence-corrected chi connectivity index (χ2v) is 7.10. The number of hydrogen-bond donors (Lipinski definition) is 2. The van der Waals surface area contributed by atoms with Gasteiger partial charge in [-0.15, -0.1) is 0 Å². The van der Waals surface area contributed by atoms with Crippen molar-refractivity contribution in [1.82, 2.24) is 9.55 Å². The van der Waals surface area contributed by atoms with Crippen molar-refractivity contribution in [3.8, 4) is 0 Å². The molecule has 0 aliphatic rings. The van der Waals surface area contributed by atoms with Gasteiger partial charge in [-0.25, -0.2) is 0 Å². The summed E-state index contributed by atoms with van der Waals surface area (Å²) in [5.41, 5.74) is 2.96. The highest BCUT2D eigenvalue weighted by atomic mass is 35.5. The number of fused-ring (bicyclic) bond motifs is 1. The average molecular weight is 378 g/mol. The summed E-state index contributed by atoms with van der Waals surface area (Å²) in [5, 5.41) is 4.80. The summed E-state index contributed by atoms with van der Waals surface area (Å²) in [6.45, 7) is 0.735. The van der Waals surface area contributed by atoms with Crippen LogP contribution in [0.25, 0.3) is 10.9 Å². The predicted molar refractivity (Wildman–Crippen MR) is 110 cm³/mol. The van der Waals surface area contributed by atoms with Crippen molar-refractivity contribution < 1.29 is 4.79 Å². The molecule has 0 aliphatic carbocycles. The van der Waals surface area contributed by atoms with Gasteiger partial charge in [0.25, 0.3) is 0 Å². The van der Waals surface area contributed by atoms with Crippen LogP contribution >= 0.6 is 11.6 Å². The van der Waals surface area contributed by atoms with E-state index in [2.05, 4.69) is 14.9 Å². The van der Waals surface area contributed by atoms with E-state index in [1.807, 2.05) is 79.3 Å². The molecule has 1 atom stereocenters. The molecule has 136 valence electrons. The summed E-state index contributed by atoms with van der Waals surface area (Å²) < 4.78 is 2.10. The van der Waals surface area contributed by atoms with Crippen molar-refractivity contribution in [3.05, 3.63) is 89.8 Å². The number of rotatable bonds is 6. The number of anilines is 1. The zero-order valence-electron chi connectivity index (χ0n) is 14.7. The Morgan fingerprint density at radius 2 is 1.85 bits per heavy atom. The molecule has 2 N–H and O–H groups in total. The van der Waals surface area contributed by atoms with E-state index in [-0.39, 0.29) is 11.8 Å². The third-order valence-electron chi connectivity index (χ3n) is 4.71. The molecule has 0 bridgehead atoms. The zero-order chi connectivity index (χ0) is 18.6. The van der Waals surface area contributed by atoms with Crippen molar-refractivity contribution in [3.63, 3.8) is 0 Å². The van der Waals surface area contributed by atoms with Gasteiger partial charge in [0.1, 0.15) is 0 Å². The molecule has 27 heavy (non-hydrogen) atoms. The van der Waals surface area contributed by atoms with Crippen LogP contribution in [0.15, 0.2) is 79.3 Å². The van der Waals surface area contributed by atoms with Gasteiger partial charge in [0.05, 0.1) is 0 Å². The van der Waals surface area contributed by atoms with Crippen LogP contribution in [0, 0.1) is 0 Å². The Morgan fingerprint density at radius 1 is 1.07 bits per heavy atom. The van der Waals surface area contributed by atoms with E-state index >= 15 is 0 Å². The Kier molecular flexibility index (Phi) is 4.99. The zero-order valence-corrected chi connectivity index (χ0v) is 15.5. The smallest absolute Gasteiger partial charge is 0.225 e. The van der Waals surface area contributed by atoms with Gasteiger partial charge in [0, 0.05) is 59.1 Å². The van der Waals surface area contributed by atoms with Gasteiger partial charge >= 0.3 is 0 Å². The molecule has 2 aromatic carbocycles. The first-order valence-corrected chi connectivity index (χ1v) is 9.28. The molecule has 0 radical (unpaired) electrons. The number of amides is 1. The summed E-state index contributed by atoms with van der Waals surface area (Å²) in [7, 11) is 0. The maximum atomic E-state index is 12.7. The monoisotopic (exact) mass is 377 g/mol. The molecule has 5 heteroatoms. The van der Waals surface area contributed by atoms with Gasteiger partial charge in [0.15, 0.2) is 0 Å². The second-order valence-electron chi connectivity index (χ2n) is 6.66. The van der Waals surface area contributed by atoms with Crippen LogP contribution in [-0.2, 0) is 11.3 Å². The van der Waals surface area contributed by atoms with Gasteiger partial charge < -0.3 is 14.9 Å². The van der Waals surface area contributed by atoms with E-state index in [9.17, 15) is 4.79 Å². The number of nitrogens with one attached hydrogen (secondary N) is 2. The average Bonchev–Trinajstić information content (AvgIpc) is 3.33. The van der Waals surface area contributed by atoms with Crippen LogP contribution in [0.3, 0.4) is 0 Å². The largest absolute Gasteiger partial charge is 0.361 e. The van der Waals surface area contributed by atoms with Crippen molar-refractivity contribution in [2.45, 2.75) is 18.9 Å². The lowest BCUT2D eigenvalue weighted by Gasteiger charge is -2.18. The SMILES string of the molecule is O=C(C[C@H](Cn1cccc1)c1ccc(Cl)cc1)Nc1ccc2[nH]ccc2c1. The molecule has 4 nitrogen and oxygen atoms in total. The first kappa shape index (κ1) is 17.4. The standard InChI is InChI=1S/C22H20ClN3O/c23-19-5-3-16(4-6-19)18(15-26-11-1-2-12-26)14-22(27)25-20-7-8-21-17(13-20)9-10-24-21/h1-13,18,24H,14-15H2,(H,25,27)/t18-/m1/s1. The van der Waals surface area contributed by atoms with Crippen LogP contribution in [-0.4, -0.2) is 15.5 Å². The molecule has 4 rings (SSSR count). The Labute approximate surface area is 162 Å². The van der Waals surface area contributed by atoms with E-state index in [1.165, 1.54) is 0 Å². The fraction of sp³-hybridized carbons (Fsp3) is 0.136. The fourth-order valence-corrected chi connectivity index (χ4v) is 3.46. The maximum Gasteiger partial charge on any atom is 0.225 e. The van der Waals surface area contributed by atoms with Gasteiger partial charge in [0.2, 0.25) is 5.91 Å². The Balaban J connectivity index is 1.50. The number of hydrogen-bond acceptors (Lipinski definition) is 1. The summed E-state index contributed by atoms with van der Waals surface area (Å²) in [4.78, 5) is 15.9. The highest BCUT2D eigenvalue weighted by Gasteiger charge is 2.17. The molecule has 1 amide bonds. The number of carbonyl (C=O) groups is 1. The van der Waals surface area contributed by atoms with Gasteiger partial charge in [-0.2, -0.15) is 0 Å². The molecule has 4 aromatic rings. The molecule has 0 saturated heterocycles. The maximum absolute atomic E-state index is 12.7. The summed E-state index contributed by atoms with van der Waals surface area (Å²) in [6.07, 6.45) is 6.32. The summed E-state index contributed by atoms with van der Waals surface area (Å²) in [5.74, 6) is 0.0580. The van der Waals surface area contributed by atoms with E-state index in [0.29, 0.717) is 11.4 Å². The lowest BCUT2D eigenvalue weighted by atomic mass is 9.95. The minimum Gasteiger partial charge on any atom is -0.361 e. The topological polar surface area (TPSA) is 49.8 Å². The number of halogens is 1. The molecule has 0 spiro atoms. The molecule has 0 aliphatic heterocycles. The van der Waals surface area contributed by atoms with Gasteiger partial charge in [-0.1, -0.05) is 23.7 Å². The van der Waals surface area contributed by atoms with E-state index < -0.39 is 0 Å². The molecule has 0 saturated carbocycles. The normalized spacial score (nSPS) is 12.2. The Hall–Kier alpha value is -2.98. The molecule has 0 unspecified atom stereocenters. The number of carbonyl (C=O) groups excluding carboxylic acids is 1. The summed E-state index contributed by atoms with van der Waals surface area (Å²) >= 11 is 6.02. The third kappa shape index (κ3) is 4.23. The number of nitrogens with zero attached hydrogens (tertiary/aromatic N) is 1. The molecule has 2 heterocycles. The van der Waals surface area contributed by atoms with Gasteiger partial charge in [-0.3, -0.25) is 4.79 Å². The van der Waals surface area contributed by atoms with Crippen molar-refractivity contribution >= 4 is 34.1 Å². The predicted octanol–water partition coefficient (Wildman–Crippen LogP) is 5.44. The quantitative estimate of drug-likeness (QED) is 0.462. The number of aromatic amines is 1. The van der Waals surface area contributed by atoms with Crippen LogP contribution in [0.4, 0.5) is 5.69 Å². The highest BCUT2D eigenvalue weighted by Crippen LogP contribution is 2.25. The van der Waals surface area contributed by atoms with Crippen molar-refractivity contribution in [2.75, 3.05) is 5.32 Å². The van der Waals surface area contributed by atoms with Crippen molar-refractivity contribution in [1.29, 1.82) is 0 Å². The second kappa shape index (κ2) is 7.72. The fourth-order valence-electron chi connectivity index (χ4n) is 3.34. The minimum absolute atomic E-state index is 0.00279. The van der Waals surface area contributed by atoms with E-state index in [1.54, 1.807) is 0 Å². The lowest BCUT2D eigenvalue weighted by molar-refractivity contribution is -0.116. The molecular weight excluding hydrogens is 358 g/mol. The lowest BCUT2D eigenvalue weighted by Crippen LogP contribution is -2.18. The van der Waals surface area contributed by atoms with Crippen LogP contribution in [0.5, 0.6) is 0 Å². The van der Waals surface area contributed by atoms with Crippen LogP contribution in [0.2, 0.25) is 5.02 Å². The molecular formula is C22H20ClN3O. The molecule has 2 aromatic heterocycles. The number of benzene rings is 2. The highest BCUT2D eigenvalue weighted by molar-refractivity contribution is 6.30. The minimum atomic E-state index is -0.00279. The number of aromatic nitrogens is 2. The Bertz CT molecular complexity index is 1040. The first-order chi connectivity index (χ1) is 13.2. The first-order valence-electron chi connectivity index (χ1n) is 8.90. The number of H-pyrrole nitrogens is 1. The summed E-state index contributed by atoms with van der Waals surface area (Å²) in [6, 6.07) is 19.6. The Morgan fingerprint density at radius 3 is 2.63 bits per heavy atom. The van der Waals surface area contributed by atoms with E-state index in [4.69, 9.17) is 11.6 Å². The van der Waals surface area contributed by atoms with Crippen molar-refractivity contribution in [2.24, 2.45) is 0 Å². The van der Waals surface area contributed by atoms with Gasteiger partial charge in [-0.05, 0) is 54.1 Å². The third-order valence-corrected chi connectivity index (χ3v) is 4.96. The molecule has 0 fully saturated rings.